The average molecular weight is 335 g/mol. The fraction of sp³-hybridized carbons (Fsp3) is 0.667. The number of guanidine groups is 1. The lowest BCUT2D eigenvalue weighted by molar-refractivity contribution is 0.485. The minimum absolute atomic E-state index is 0.346. The minimum atomic E-state index is 0.346. The summed E-state index contributed by atoms with van der Waals surface area (Å²) in [6.45, 7) is 8.69. The molecule has 2 heterocycles. The Labute approximate surface area is 145 Å². The van der Waals surface area contributed by atoms with Crippen molar-refractivity contribution in [2.45, 2.75) is 44.3 Å². The van der Waals surface area contributed by atoms with Crippen LogP contribution in [0.1, 0.15) is 45.1 Å². The molecule has 2 N–H and O–H groups in total. The van der Waals surface area contributed by atoms with Crippen molar-refractivity contribution in [3.8, 4) is 0 Å². The van der Waals surface area contributed by atoms with E-state index in [9.17, 15) is 0 Å². The Morgan fingerprint density at radius 2 is 2.26 bits per heavy atom. The zero-order valence-electron chi connectivity index (χ0n) is 14.8. The highest BCUT2D eigenvalue weighted by atomic mass is 32.2. The molecule has 4 nitrogen and oxygen atoms in total. The predicted molar refractivity (Wildman–Crippen MR) is 101 cm³/mol. The van der Waals surface area contributed by atoms with Crippen LogP contribution in [0.25, 0.3) is 0 Å². The highest BCUT2D eigenvalue weighted by molar-refractivity contribution is 8.00. The lowest BCUT2D eigenvalue weighted by Crippen LogP contribution is -2.45. The molecule has 128 valence electrons. The summed E-state index contributed by atoms with van der Waals surface area (Å²) in [5.74, 6) is 3.15. The fourth-order valence-corrected chi connectivity index (χ4v) is 4.25. The van der Waals surface area contributed by atoms with E-state index >= 15 is 0 Å². The van der Waals surface area contributed by atoms with Gasteiger partial charge in [0.2, 0.25) is 0 Å². The predicted octanol–water partition coefficient (Wildman–Crippen LogP) is 3.27. The Kier molecular flexibility index (Phi) is 6.75. The quantitative estimate of drug-likeness (QED) is 0.619. The summed E-state index contributed by atoms with van der Waals surface area (Å²) in [6.07, 6.45) is 6.41. The maximum Gasteiger partial charge on any atom is 0.191 e. The third kappa shape index (κ3) is 5.41. The monoisotopic (exact) mass is 334 g/mol. The summed E-state index contributed by atoms with van der Waals surface area (Å²) in [7, 11) is 1.84. The molecule has 0 spiro atoms. The van der Waals surface area contributed by atoms with E-state index in [2.05, 4.69) is 59.2 Å². The molecule has 23 heavy (non-hydrogen) atoms. The molecule has 1 aromatic rings. The van der Waals surface area contributed by atoms with Gasteiger partial charge in [0.25, 0.3) is 0 Å². The van der Waals surface area contributed by atoms with E-state index in [1.165, 1.54) is 24.2 Å². The first-order chi connectivity index (χ1) is 11.0. The number of aromatic nitrogens is 1. The topological polar surface area (TPSA) is 49.3 Å². The molecule has 1 fully saturated rings. The molecule has 0 aromatic carbocycles. The van der Waals surface area contributed by atoms with Crippen LogP contribution >= 0.6 is 11.8 Å². The molecule has 1 saturated heterocycles. The van der Waals surface area contributed by atoms with Crippen LogP contribution in [0.2, 0.25) is 0 Å². The fourth-order valence-electron chi connectivity index (χ4n) is 3.01. The van der Waals surface area contributed by atoms with Crippen LogP contribution < -0.4 is 10.6 Å². The molecule has 0 radical (unpaired) electrons. The number of nitrogens with zero attached hydrogens (tertiary/aromatic N) is 2. The van der Waals surface area contributed by atoms with Gasteiger partial charge in [0.05, 0.1) is 0 Å². The van der Waals surface area contributed by atoms with Gasteiger partial charge in [-0.2, -0.15) is 11.8 Å². The number of rotatable bonds is 6. The van der Waals surface area contributed by atoms with Crippen LogP contribution in [-0.4, -0.2) is 41.6 Å². The number of hydrogen-bond donors (Lipinski definition) is 2. The van der Waals surface area contributed by atoms with E-state index in [0.717, 1.165) is 19.0 Å². The molecule has 2 unspecified atom stereocenters. The minimum Gasteiger partial charge on any atom is -0.356 e. The summed E-state index contributed by atoms with van der Waals surface area (Å²) >= 11 is 2.07. The SMILES string of the molecule is CN=C(NCC(c1cccnc1)C(C)C)NCC1(C)CCCS1. The Morgan fingerprint density at radius 1 is 1.43 bits per heavy atom. The molecule has 1 aliphatic rings. The maximum atomic E-state index is 4.37. The van der Waals surface area contributed by atoms with Crippen LogP contribution in [0, 0.1) is 5.92 Å². The van der Waals surface area contributed by atoms with Gasteiger partial charge in [-0.3, -0.25) is 9.98 Å². The second-order valence-electron chi connectivity index (χ2n) is 6.85. The lowest BCUT2D eigenvalue weighted by atomic mass is 9.89. The van der Waals surface area contributed by atoms with Crippen LogP contribution in [0.3, 0.4) is 0 Å². The van der Waals surface area contributed by atoms with E-state index in [-0.39, 0.29) is 0 Å². The summed E-state index contributed by atoms with van der Waals surface area (Å²) in [6, 6.07) is 4.17. The highest BCUT2D eigenvalue weighted by Crippen LogP contribution is 2.36. The zero-order chi connectivity index (χ0) is 16.7. The molecule has 2 atom stereocenters. The molecule has 5 heteroatoms. The average Bonchev–Trinajstić information content (AvgIpc) is 2.98. The molecule has 0 amide bonds. The summed E-state index contributed by atoms with van der Waals surface area (Å²) < 4.78 is 0.346. The Morgan fingerprint density at radius 3 is 2.83 bits per heavy atom. The standard InChI is InChI=1S/C18H30N4S/c1-14(2)16(15-7-5-9-20-11-15)12-21-17(19-4)22-13-18(3)8-6-10-23-18/h5,7,9,11,14,16H,6,8,10,12-13H2,1-4H3,(H2,19,21,22). The number of hydrogen-bond acceptors (Lipinski definition) is 3. The first-order valence-electron chi connectivity index (χ1n) is 8.52. The molecule has 1 aliphatic heterocycles. The Hall–Kier alpha value is -1.23. The Balaban J connectivity index is 1.88. The van der Waals surface area contributed by atoms with Crippen LogP contribution in [0.5, 0.6) is 0 Å². The summed E-state index contributed by atoms with van der Waals surface area (Å²) in [5, 5.41) is 6.99. The van der Waals surface area contributed by atoms with E-state index in [4.69, 9.17) is 0 Å². The van der Waals surface area contributed by atoms with Crippen LogP contribution in [0.15, 0.2) is 29.5 Å². The largest absolute Gasteiger partial charge is 0.356 e. The summed E-state index contributed by atoms with van der Waals surface area (Å²) in [4.78, 5) is 8.63. The molecule has 0 saturated carbocycles. The van der Waals surface area contributed by atoms with Crippen molar-refractivity contribution in [3.05, 3.63) is 30.1 Å². The number of pyridine rings is 1. The molecular weight excluding hydrogens is 304 g/mol. The van der Waals surface area contributed by atoms with Crippen LogP contribution in [0.4, 0.5) is 0 Å². The van der Waals surface area contributed by atoms with Gasteiger partial charge in [-0.05, 0) is 43.1 Å². The lowest BCUT2D eigenvalue weighted by Gasteiger charge is -2.26. The second kappa shape index (κ2) is 8.57. The molecular formula is C18H30N4S. The normalized spacial score (nSPS) is 23.1. The van der Waals surface area contributed by atoms with Gasteiger partial charge in [0.15, 0.2) is 5.96 Å². The highest BCUT2D eigenvalue weighted by Gasteiger charge is 2.29. The first kappa shape index (κ1) is 18.1. The van der Waals surface area contributed by atoms with E-state index in [0.29, 0.717) is 16.6 Å². The zero-order valence-corrected chi connectivity index (χ0v) is 15.6. The maximum absolute atomic E-state index is 4.37. The third-order valence-electron chi connectivity index (χ3n) is 4.56. The number of aliphatic imine (C=N–C) groups is 1. The van der Waals surface area contributed by atoms with Crippen molar-refractivity contribution in [1.29, 1.82) is 0 Å². The summed E-state index contributed by atoms with van der Waals surface area (Å²) in [5.41, 5.74) is 1.28. The molecule has 1 aromatic heterocycles. The smallest absolute Gasteiger partial charge is 0.191 e. The van der Waals surface area contributed by atoms with Crippen molar-refractivity contribution in [2.24, 2.45) is 10.9 Å². The van der Waals surface area contributed by atoms with E-state index < -0.39 is 0 Å². The van der Waals surface area contributed by atoms with Crippen molar-refractivity contribution in [3.63, 3.8) is 0 Å². The van der Waals surface area contributed by atoms with Gasteiger partial charge in [-0.25, -0.2) is 0 Å². The van der Waals surface area contributed by atoms with Crippen molar-refractivity contribution >= 4 is 17.7 Å². The van der Waals surface area contributed by atoms with Crippen molar-refractivity contribution in [1.82, 2.24) is 15.6 Å². The molecule has 0 aliphatic carbocycles. The van der Waals surface area contributed by atoms with Crippen molar-refractivity contribution < 1.29 is 0 Å². The van der Waals surface area contributed by atoms with Gasteiger partial charge < -0.3 is 10.6 Å². The van der Waals surface area contributed by atoms with Crippen LogP contribution in [-0.2, 0) is 0 Å². The third-order valence-corrected chi connectivity index (χ3v) is 6.10. The second-order valence-corrected chi connectivity index (χ2v) is 8.53. The van der Waals surface area contributed by atoms with Gasteiger partial charge in [-0.1, -0.05) is 19.9 Å². The Bertz CT molecular complexity index is 495. The van der Waals surface area contributed by atoms with E-state index in [1.54, 1.807) is 0 Å². The van der Waals surface area contributed by atoms with Gasteiger partial charge in [0, 0.05) is 43.2 Å². The van der Waals surface area contributed by atoms with Gasteiger partial charge in [0.1, 0.15) is 0 Å². The molecule has 0 bridgehead atoms. The number of nitrogens with one attached hydrogen (secondary N) is 2. The number of thioether (sulfide) groups is 1. The van der Waals surface area contributed by atoms with Gasteiger partial charge in [-0.15, -0.1) is 0 Å². The first-order valence-corrected chi connectivity index (χ1v) is 9.51. The molecule has 2 rings (SSSR count). The van der Waals surface area contributed by atoms with E-state index in [1.807, 2.05) is 25.5 Å². The van der Waals surface area contributed by atoms with Gasteiger partial charge >= 0.3 is 0 Å². The van der Waals surface area contributed by atoms with Crippen molar-refractivity contribution in [2.75, 3.05) is 25.9 Å².